The molecule has 6 nitrogen and oxygen atoms in total. The Morgan fingerprint density at radius 2 is 2.00 bits per heavy atom. The van der Waals surface area contributed by atoms with Crippen LogP contribution in [-0.2, 0) is 23.1 Å². The van der Waals surface area contributed by atoms with Gasteiger partial charge in [-0.1, -0.05) is 18.2 Å². The molecule has 1 aromatic carbocycles. The van der Waals surface area contributed by atoms with Crippen molar-refractivity contribution in [3.05, 3.63) is 47.0 Å². The molecule has 1 aromatic heterocycles. The molecule has 3 N–H and O–H groups in total. The molecule has 2 aromatic rings. The van der Waals surface area contributed by atoms with Crippen LogP contribution in [0, 0.1) is 12.7 Å². The quantitative estimate of drug-likeness (QED) is 0.744. The van der Waals surface area contributed by atoms with E-state index in [-0.39, 0.29) is 17.0 Å². The summed E-state index contributed by atoms with van der Waals surface area (Å²) in [5.74, 6) is -0.445. The minimum Gasteiger partial charge on any atom is -0.314 e. The van der Waals surface area contributed by atoms with Gasteiger partial charge in [-0.05, 0) is 20.0 Å². The summed E-state index contributed by atoms with van der Waals surface area (Å²) in [5, 5.41) is 9.48. The molecule has 0 radical (unpaired) electrons. The topological polar surface area (TPSA) is 86.9 Å². The molecule has 21 heavy (non-hydrogen) atoms. The molecule has 114 valence electrons. The Bertz CT molecular complexity index is 728. The molecule has 0 fully saturated rings. The van der Waals surface area contributed by atoms with Gasteiger partial charge >= 0.3 is 0 Å². The minimum atomic E-state index is -3.77. The Morgan fingerprint density at radius 1 is 1.29 bits per heavy atom. The number of aromatic nitrogens is 2. The van der Waals surface area contributed by atoms with Crippen LogP contribution in [0.1, 0.15) is 17.0 Å². The van der Waals surface area contributed by atoms with E-state index < -0.39 is 15.8 Å². The number of benzene rings is 1. The van der Waals surface area contributed by atoms with Gasteiger partial charge in [0.05, 0.1) is 11.4 Å². The number of aromatic amines is 1. The molecule has 2 rings (SSSR count). The number of nitrogens with one attached hydrogen (secondary N) is 3. The van der Waals surface area contributed by atoms with E-state index in [1.165, 1.54) is 12.1 Å². The van der Waals surface area contributed by atoms with Gasteiger partial charge in [0, 0.05) is 18.7 Å². The third-order valence-electron chi connectivity index (χ3n) is 2.98. The number of halogens is 1. The highest BCUT2D eigenvalue weighted by atomic mass is 32.2. The highest BCUT2D eigenvalue weighted by molar-refractivity contribution is 7.89. The van der Waals surface area contributed by atoms with Crippen molar-refractivity contribution in [1.82, 2.24) is 20.2 Å². The van der Waals surface area contributed by atoms with E-state index in [1.807, 2.05) is 0 Å². The fourth-order valence-corrected chi connectivity index (χ4v) is 3.37. The van der Waals surface area contributed by atoms with Gasteiger partial charge in [-0.15, -0.1) is 0 Å². The zero-order chi connectivity index (χ0) is 15.5. The van der Waals surface area contributed by atoms with Crippen molar-refractivity contribution in [2.75, 3.05) is 7.05 Å². The van der Waals surface area contributed by atoms with E-state index in [9.17, 15) is 12.8 Å². The molecule has 0 amide bonds. The van der Waals surface area contributed by atoms with Gasteiger partial charge in [0.25, 0.3) is 0 Å². The third-order valence-corrected chi connectivity index (χ3v) is 4.59. The summed E-state index contributed by atoms with van der Waals surface area (Å²) in [4.78, 5) is 0.105. The fraction of sp³-hybridized carbons (Fsp3) is 0.308. The molecule has 8 heteroatoms. The van der Waals surface area contributed by atoms with Crippen molar-refractivity contribution in [3.63, 3.8) is 0 Å². The number of nitrogens with zero attached hydrogens (tertiary/aromatic N) is 1. The predicted molar refractivity (Wildman–Crippen MR) is 76.5 cm³/mol. The summed E-state index contributed by atoms with van der Waals surface area (Å²) >= 11 is 0. The number of hydrogen-bond acceptors (Lipinski definition) is 4. The van der Waals surface area contributed by atoms with Crippen LogP contribution < -0.4 is 10.0 Å². The molecule has 0 aliphatic rings. The van der Waals surface area contributed by atoms with E-state index >= 15 is 0 Å². The summed E-state index contributed by atoms with van der Waals surface area (Å²) in [7, 11) is -2.06. The first-order valence-electron chi connectivity index (χ1n) is 6.37. The standard InChI is InChI=1S/C13H17FN4O2S/c1-9-13(12(8-15-2)18-17-9)21(19,20)16-7-10-5-3-4-6-11(10)14/h3-6,15-16H,7-8H2,1-2H3,(H,17,18). The SMILES string of the molecule is CNCc1n[nH]c(C)c1S(=O)(=O)NCc1ccccc1F. The summed E-state index contributed by atoms with van der Waals surface area (Å²) in [6.45, 7) is 1.84. The molecule has 0 aliphatic carbocycles. The first kappa shape index (κ1) is 15.6. The lowest BCUT2D eigenvalue weighted by molar-refractivity contribution is 0.572. The fourth-order valence-electron chi connectivity index (χ4n) is 2.00. The molecule has 1 heterocycles. The maximum absolute atomic E-state index is 13.5. The second-order valence-electron chi connectivity index (χ2n) is 4.57. The number of hydrogen-bond donors (Lipinski definition) is 3. The van der Waals surface area contributed by atoms with Crippen LogP contribution >= 0.6 is 0 Å². The maximum Gasteiger partial charge on any atom is 0.244 e. The second kappa shape index (κ2) is 6.33. The monoisotopic (exact) mass is 312 g/mol. The van der Waals surface area contributed by atoms with E-state index in [2.05, 4.69) is 20.2 Å². The lowest BCUT2D eigenvalue weighted by atomic mass is 10.2. The predicted octanol–water partition coefficient (Wildman–Crippen LogP) is 1.06. The molecule has 0 spiro atoms. The summed E-state index contributed by atoms with van der Waals surface area (Å²) in [6, 6.07) is 6.04. The van der Waals surface area contributed by atoms with E-state index in [0.717, 1.165) is 0 Å². The lowest BCUT2D eigenvalue weighted by Gasteiger charge is -2.08. The Morgan fingerprint density at radius 3 is 2.67 bits per heavy atom. The molecule has 0 saturated carbocycles. The zero-order valence-electron chi connectivity index (χ0n) is 11.8. The van der Waals surface area contributed by atoms with Gasteiger partial charge in [-0.2, -0.15) is 5.10 Å². The van der Waals surface area contributed by atoms with Crippen molar-refractivity contribution in [3.8, 4) is 0 Å². The van der Waals surface area contributed by atoms with Crippen LogP contribution in [-0.4, -0.2) is 25.7 Å². The van der Waals surface area contributed by atoms with Crippen LogP contribution in [0.5, 0.6) is 0 Å². The van der Waals surface area contributed by atoms with E-state index in [4.69, 9.17) is 0 Å². The number of sulfonamides is 1. The smallest absolute Gasteiger partial charge is 0.244 e. The molecule has 0 bridgehead atoms. The summed E-state index contributed by atoms with van der Waals surface area (Å²) < 4.78 is 40.7. The molecular weight excluding hydrogens is 295 g/mol. The highest BCUT2D eigenvalue weighted by Gasteiger charge is 2.23. The average Bonchev–Trinajstić information content (AvgIpc) is 2.80. The van der Waals surface area contributed by atoms with Crippen LogP contribution in [0.15, 0.2) is 29.2 Å². The normalized spacial score (nSPS) is 11.8. The van der Waals surface area contributed by atoms with Gasteiger partial charge < -0.3 is 5.32 Å². The molecular formula is C13H17FN4O2S. The van der Waals surface area contributed by atoms with Crippen LogP contribution in [0.2, 0.25) is 0 Å². The van der Waals surface area contributed by atoms with Gasteiger partial charge in [-0.3, -0.25) is 5.10 Å². The van der Waals surface area contributed by atoms with Crippen molar-refractivity contribution < 1.29 is 12.8 Å². The van der Waals surface area contributed by atoms with Crippen molar-refractivity contribution in [2.45, 2.75) is 24.9 Å². The highest BCUT2D eigenvalue weighted by Crippen LogP contribution is 2.18. The van der Waals surface area contributed by atoms with Gasteiger partial charge in [-0.25, -0.2) is 17.5 Å². The Hall–Kier alpha value is -1.77. The van der Waals surface area contributed by atoms with Crippen molar-refractivity contribution >= 4 is 10.0 Å². The Labute approximate surface area is 122 Å². The van der Waals surface area contributed by atoms with Gasteiger partial charge in [0.2, 0.25) is 10.0 Å². The summed E-state index contributed by atoms with van der Waals surface area (Å²) in [6.07, 6.45) is 0. The minimum absolute atomic E-state index is 0.105. The van der Waals surface area contributed by atoms with Crippen LogP contribution in [0.4, 0.5) is 4.39 Å². The maximum atomic E-state index is 13.5. The third kappa shape index (κ3) is 3.46. The molecule has 0 saturated heterocycles. The lowest BCUT2D eigenvalue weighted by Crippen LogP contribution is -2.25. The first-order chi connectivity index (χ1) is 9.95. The van der Waals surface area contributed by atoms with E-state index in [0.29, 0.717) is 17.9 Å². The number of rotatable bonds is 6. The number of H-pyrrole nitrogens is 1. The number of aryl methyl sites for hydroxylation is 1. The van der Waals surface area contributed by atoms with Gasteiger partial charge in [0.15, 0.2) is 0 Å². The second-order valence-corrected chi connectivity index (χ2v) is 6.27. The average molecular weight is 312 g/mol. The molecule has 0 aliphatic heterocycles. The molecule has 0 unspecified atom stereocenters. The summed E-state index contributed by atoms with van der Waals surface area (Å²) in [5.41, 5.74) is 1.13. The van der Waals surface area contributed by atoms with Crippen molar-refractivity contribution in [1.29, 1.82) is 0 Å². The van der Waals surface area contributed by atoms with Crippen LogP contribution in [0.25, 0.3) is 0 Å². The van der Waals surface area contributed by atoms with Gasteiger partial charge in [0.1, 0.15) is 10.7 Å². The Balaban J connectivity index is 2.23. The zero-order valence-corrected chi connectivity index (χ0v) is 12.6. The van der Waals surface area contributed by atoms with Crippen LogP contribution in [0.3, 0.4) is 0 Å². The Kier molecular flexibility index (Phi) is 4.71. The van der Waals surface area contributed by atoms with Crippen molar-refractivity contribution in [2.24, 2.45) is 0 Å². The van der Waals surface area contributed by atoms with E-state index in [1.54, 1.807) is 26.1 Å². The largest absolute Gasteiger partial charge is 0.314 e. The molecule has 0 atom stereocenters. The first-order valence-corrected chi connectivity index (χ1v) is 7.85.